The van der Waals surface area contributed by atoms with Gasteiger partial charge in [-0.3, -0.25) is 0 Å². The van der Waals surface area contributed by atoms with Gasteiger partial charge in [0.1, 0.15) is 0 Å². The third-order valence-corrected chi connectivity index (χ3v) is 4.52. The van der Waals surface area contributed by atoms with Crippen LogP contribution in [0, 0.1) is 17.2 Å². The fourth-order valence-corrected chi connectivity index (χ4v) is 3.21. The monoisotopic (exact) mass is 360 g/mol. The van der Waals surface area contributed by atoms with Crippen LogP contribution in [0.1, 0.15) is 23.1 Å². The summed E-state index contributed by atoms with van der Waals surface area (Å²) in [7, 11) is 0. The molecule has 0 saturated carbocycles. The smallest absolute Gasteiger partial charge is 0.376 e. The van der Waals surface area contributed by atoms with Crippen LogP contribution < -0.4 is 4.90 Å². The number of nitrogens with zero attached hydrogens (tertiary/aromatic N) is 2. The first-order valence-electron chi connectivity index (χ1n) is 8.45. The average molecular weight is 360 g/mol. The second-order valence-corrected chi connectivity index (χ2v) is 6.44. The molecule has 1 aliphatic heterocycles. The van der Waals surface area contributed by atoms with Gasteiger partial charge in [0.25, 0.3) is 0 Å². The maximum absolute atomic E-state index is 13.3. The molecule has 0 amide bonds. The van der Waals surface area contributed by atoms with Gasteiger partial charge in [-0.15, -0.1) is 0 Å². The predicted octanol–water partition coefficient (Wildman–Crippen LogP) is 4.62. The van der Waals surface area contributed by atoms with Crippen molar-refractivity contribution in [1.29, 1.82) is 5.26 Å². The largest absolute Gasteiger partial charge is 0.418 e. The van der Waals surface area contributed by atoms with E-state index in [1.807, 2.05) is 30.3 Å². The first-order chi connectivity index (χ1) is 12.5. The summed E-state index contributed by atoms with van der Waals surface area (Å²) in [6.07, 6.45) is -3.70. The summed E-state index contributed by atoms with van der Waals surface area (Å²) in [5, 5.41) is 8.87. The second-order valence-electron chi connectivity index (χ2n) is 6.44. The van der Waals surface area contributed by atoms with Gasteiger partial charge in [-0.2, -0.15) is 18.4 Å². The molecule has 0 unspecified atom stereocenters. The molecule has 1 atom stereocenters. The number of halogens is 3. The van der Waals surface area contributed by atoms with E-state index in [2.05, 4.69) is 0 Å². The first-order valence-corrected chi connectivity index (χ1v) is 8.45. The molecule has 3 nitrogen and oxygen atoms in total. The van der Waals surface area contributed by atoms with Gasteiger partial charge < -0.3 is 9.64 Å². The normalized spacial score (nSPS) is 17.3. The lowest BCUT2D eigenvalue weighted by Crippen LogP contribution is -2.24. The molecule has 6 heteroatoms. The van der Waals surface area contributed by atoms with E-state index in [-0.39, 0.29) is 17.2 Å². The Bertz CT molecular complexity index is 784. The van der Waals surface area contributed by atoms with Crippen molar-refractivity contribution in [1.82, 2.24) is 0 Å². The van der Waals surface area contributed by atoms with Crippen LogP contribution in [0.2, 0.25) is 0 Å². The first kappa shape index (κ1) is 18.3. The number of alkyl halides is 3. The molecule has 0 bridgehead atoms. The lowest BCUT2D eigenvalue weighted by molar-refractivity contribution is -0.137. The number of nitriles is 1. The summed E-state index contributed by atoms with van der Waals surface area (Å²) >= 11 is 0. The van der Waals surface area contributed by atoms with Crippen LogP contribution in [0.4, 0.5) is 18.9 Å². The zero-order valence-electron chi connectivity index (χ0n) is 14.2. The highest BCUT2D eigenvalue weighted by Crippen LogP contribution is 2.38. The van der Waals surface area contributed by atoms with Crippen molar-refractivity contribution in [3.05, 3.63) is 65.2 Å². The highest BCUT2D eigenvalue weighted by molar-refractivity contribution is 5.58. The lowest BCUT2D eigenvalue weighted by Gasteiger charge is -2.23. The van der Waals surface area contributed by atoms with E-state index in [0.717, 1.165) is 18.1 Å². The lowest BCUT2D eigenvalue weighted by atomic mass is 10.1. The number of hydrogen-bond donors (Lipinski definition) is 0. The van der Waals surface area contributed by atoms with Crippen molar-refractivity contribution in [2.45, 2.75) is 19.2 Å². The molecule has 2 aromatic rings. The van der Waals surface area contributed by atoms with Crippen LogP contribution >= 0.6 is 0 Å². The van der Waals surface area contributed by atoms with Crippen LogP contribution in [0.15, 0.2) is 48.5 Å². The SMILES string of the molecule is N#Cc1ccc(N2CC[C@H](COCc3ccccc3)C2)c(C(F)(F)F)c1. The third kappa shape index (κ3) is 4.36. The molecule has 0 aromatic heterocycles. The molecule has 1 heterocycles. The maximum Gasteiger partial charge on any atom is 0.418 e. The molecular weight excluding hydrogens is 341 g/mol. The molecule has 26 heavy (non-hydrogen) atoms. The fraction of sp³-hybridized carbons (Fsp3) is 0.350. The van der Waals surface area contributed by atoms with E-state index in [1.54, 1.807) is 11.0 Å². The highest BCUT2D eigenvalue weighted by Gasteiger charge is 2.36. The van der Waals surface area contributed by atoms with E-state index >= 15 is 0 Å². The Morgan fingerprint density at radius 3 is 2.62 bits per heavy atom. The van der Waals surface area contributed by atoms with Crippen molar-refractivity contribution >= 4 is 5.69 Å². The zero-order chi connectivity index (χ0) is 18.6. The minimum Gasteiger partial charge on any atom is -0.376 e. The van der Waals surface area contributed by atoms with Gasteiger partial charge in [-0.1, -0.05) is 30.3 Å². The molecule has 2 aromatic carbocycles. The average Bonchev–Trinajstić information content (AvgIpc) is 3.10. The quantitative estimate of drug-likeness (QED) is 0.781. The number of benzene rings is 2. The molecule has 1 saturated heterocycles. The van der Waals surface area contributed by atoms with Crippen LogP contribution in [-0.2, 0) is 17.5 Å². The van der Waals surface area contributed by atoms with Crippen molar-refractivity contribution in [2.75, 3.05) is 24.6 Å². The second kappa shape index (κ2) is 7.79. The van der Waals surface area contributed by atoms with Crippen molar-refractivity contribution in [2.24, 2.45) is 5.92 Å². The molecule has 136 valence electrons. The Morgan fingerprint density at radius 1 is 1.15 bits per heavy atom. The maximum atomic E-state index is 13.3. The highest BCUT2D eigenvalue weighted by atomic mass is 19.4. The van der Waals surface area contributed by atoms with Gasteiger partial charge in [0.2, 0.25) is 0 Å². The van der Waals surface area contributed by atoms with Crippen LogP contribution in [-0.4, -0.2) is 19.7 Å². The van der Waals surface area contributed by atoms with Crippen molar-refractivity contribution in [3.63, 3.8) is 0 Å². The minimum atomic E-state index is -4.48. The molecular formula is C20H19F3N2O. The van der Waals surface area contributed by atoms with Gasteiger partial charge in [0, 0.05) is 24.7 Å². The number of ether oxygens (including phenoxy) is 1. The molecule has 0 N–H and O–H groups in total. The van der Waals surface area contributed by atoms with E-state index in [9.17, 15) is 13.2 Å². The van der Waals surface area contributed by atoms with Gasteiger partial charge >= 0.3 is 6.18 Å². The summed E-state index contributed by atoms with van der Waals surface area (Å²) in [5.41, 5.74) is 0.487. The zero-order valence-corrected chi connectivity index (χ0v) is 14.2. The Kier molecular flexibility index (Phi) is 5.48. The standard InChI is InChI=1S/C20H19F3N2O/c21-20(22,23)18-10-16(11-24)6-7-19(18)25-9-8-17(12-25)14-26-13-15-4-2-1-3-5-15/h1-7,10,17H,8-9,12-14H2/t17-/m0/s1. The Morgan fingerprint density at radius 2 is 1.92 bits per heavy atom. The van der Waals surface area contributed by atoms with Crippen LogP contribution in [0.25, 0.3) is 0 Å². The number of anilines is 1. The van der Waals surface area contributed by atoms with Crippen LogP contribution in [0.5, 0.6) is 0 Å². The van der Waals surface area contributed by atoms with Gasteiger partial charge in [-0.25, -0.2) is 0 Å². The Balaban J connectivity index is 1.63. The van der Waals surface area contributed by atoms with Gasteiger partial charge in [0.15, 0.2) is 0 Å². The molecule has 1 fully saturated rings. The van der Waals surface area contributed by atoms with Crippen LogP contribution in [0.3, 0.4) is 0 Å². The number of hydrogen-bond acceptors (Lipinski definition) is 3. The van der Waals surface area contributed by atoms with Crippen molar-refractivity contribution in [3.8, 4) is 6.07 Å². The van der Waals surface area contributed by atoms with E-state index in [0.29, 0.717) is 26.3 Å². The van der Waals surface area contributed by atoms with Crippen molar-refractivity contribution < 1.29 is 17.9 Å². The molecule has 3 rings (SSSR count). The molecule has 1 aliphatic rings. The molecule has 0 spiro atoms. The summed E-state index contributed by atoms with van der Waals surface area (Å²) in [6, 6.07) is 15.3. The van der Waals surface area contributed by atoms with E-state index in [4.69, 9.17) is 10.00 Å². The fourth-order valence-electron chi connectivity index (χ4n) is 3.21. The Labute approximate surface area is 150 Å². The molecule has 0 radical (unpaired) electrons. The summed E-state index contributed by atoms with van der Waals surface area (Å²) in [6.45, 7) is 2.09. The third-order valence-electron chi connectivity index (χ3n) is 4.52. The summed E-state index contributed by atoms with van der Waals surface area (Å²) in [4.78, 5) is 1.74. The Hall–Kier alpha value is -2.52. The van der Waals surface area contributed by atoms with E-state index in [1.165, 1.54) is 12.1 Å². The summed E-state index contributed by atoms with van der Waals surface area (Å²) in [5.74, 6) is 0.190. The predicted molar refractivity (Wildman–Crippen MR) is 92.6 cm³/mol. The minimum absolute atomic E-state index is 0.0167. The topological polar surface area (TPSA) is 36.3 Å². The molecule has 0 aliphatic carbocycles. The van der Waals surface area contributed by atoms with Gasteiger partial charge in [-0.05, 0) is 30.2 Å². The summed E-state index contributed by atoms with van der Waals surface area (Å²) < 4.78 is 45.8. The van der Waals surface area contributed by atoms with Gasteiger partial charge in [0.05, 0.1) is 30.4 Å². The van der Waals surface area contributed by atoms with E-state index < -0.39 is 11.7 Å². The number of rotatable bonds is 5.